The van der Waals surface area contributed by atoms with Crippen LogP contribution in [-0.2, 0) is 9.53 Å². The minimum atomic E-state index is -0.590. The van der Waals surface area contributed by atoms with Crippen LogP contribution < -0.4 is 10.1 Å². The standard InChI is InChI=1S/C15H14N2O4/c1-20-13-6-4-12(5-7-13)17-14(18)10-21-15(19)11-3-2-8-16-9-11/h2-9H,10H2,1H3,(H,17,18). The molecule has 2 aromatic rings. The zero-order valence-corrected chi connectivity index (χ0v) is 11.4. The average Bonchev–Trinajstić information content (AvgIpc) is 2.54. The predicted octanol–water partition coefficient (Wildman–Crippen LogP) is 1.89. The van der Waals surface area contributed by atoms with E-state index in [-0.39, 0.29) is 6.61 Å². The first-order valence-corrected chi connectivity index (χ1v) is 6.20. The molecule has 0 spiro atoms. The van der Waals surface area contributed by atoms with Crippen molar-refractivity contribution >= 4 is 17.6 Å². The Hall–Kier alpha value is -2.89. The Labute approximate surface area is 121 Å². The van der Waals surface area contributed by atoms with Crippen LogP contribution in [0.5, 0.6) is 5.75 Å². The maximum absolute atomic E-state index is 11.7. The Bertz CT molecular complexity index is 611. The number of esters is 1. The summed E-state index contributed by atoms with van der Waals surface area (Å²) in [5.41, 5.74) is 0.896. The van der Waals surface area contributed by atoms with Crippen molar-refractivity contribution in [3.63, 3.8) is 0 Å². The summed E-state index contributed by atoms with van der Waals surface area (Å²) < 4.78 is 9.91. The first-order chi connectivity index (χ1) is 10.2. The van der Waals surface area contributed by atoms with Crippen LogP contribution in [0.15, 0.2) is 48.8 Å². The maximum atomic E-state index is 11.7. The zero-order chi connectivity index (χ0) is 15.1. The van der Waals surface area contributed by atoms with Gasteiger partial charge in [0.2, 0.25) is 0 Å². The molecule has 0 bridgehead atoms. The summed E-state index contributed by atoms with van der Waals surface area (Å²) in [6, 6.07) is 10.0. The first kappa shape index (κ1) is 14.5. The lowest BCUT2D eigenvalue weighted by atomic mass is 10.3. The van der Waals surface area contributed by atoms with E-state index >= 15 is 0 Å². The van der Waals surface area contributed by atoms with Gasteiger partial charge in [-0.2, -0.15) is 0 Å². The number of ether oxygens (including phenoxy) is 2. The summed E-state index contributed by atoms with van der Waals surface area (Å²) in [5.74, 6) is -0.318. The molecule has 0 aliphatic rings. The van der Waals surface area contributed by atoms with Gasteiger partial charge in [-0.15, -0.1) is 0 Å². The normalized spacial score (nSPS) is 9.76. The number of nitrogens with zero attached hydrogens (tertiary/aromatic N) is 1. The third-order valence-corrected chi connectivity index (χ3v) is 2.61. The fraction of sp³-hybridized carbons (Fsp3) is 0.133. The summed E-state index contributed by atoms with van der Waals surface area (Å²) in [7, 11) is 1.56. The second kappa shape index (κ2) is 7.04. The highest BCUT2D eigenvalue weighted by Crippen LogP contribution is 2.14. The van der Waals surface area contributed by atoms with Crippen molar-refractivity contribution in [1.82, 2.24) is 4.98 Å². The molecule has 0 aliphatic heterocycles. The largest absolute Gasteiger partial charge is 0.497 e. The molecule has 1 aromatic carbocycles. The Morgan fingerprint density at radius 1 is 1.19 bits per heavy atom. The molecular weight excluding hydrogens is 272 g/mol. The molecule has 0 saturated heterocycles. The predicted molar refractivity (Wildman–Crippen MR) is 76.1 cm³/mol. The van der Waals surface area contributed by atoms with Gasteiger partial charge in [0.05, 0.1) is 12.7 Å². The Morgan fingerprint density at radius 2 is 1.95 bits per heavy atom. The van der Waals surface area contributed by atoms with Gasteiger partial charge in [0.15, 0.2) is 6.61 Å². The topological polar surface area (TPSA) is 77.5 Å². The summed E-state index contributed by atoms with van der Waals surface area (Å²) in [4.78, 5) is 27.1. The lowest BCUT2D eigenvalue weighted by Gasteiger charge is -2.07. The first-order valence-electron chi connectivity index (χ1n) is 6.20. The zero-order valence-electron chi connectivity index (χ0n) is 11.4. The molecule has 0 fully saturated rings. The number of anilines is 1. The maximum Gasteiger partial charge on any atom is 0.340 e. The van der Waals surface area contributed by atoms with Gasteiger partial charge in [0.25, 0.3) is 5.91 Å². The third kappa shape index (κ3) is 4.31. The number of rotatable bonds is 5. The molecular formula is C15H14N2O4. The monoisotopic (exact) mass is 286 g/mol. The van der Waals surface area contributed by atoms with Crippen LogP contribution in [0.1, 0.15) is 10.4 Å². The van der Waals surface area contributed by atoms with Crippen LogP contribution in [0.25, 0.3) is 0 Å². The van der Waals surface area contributed by atoms with E-state index in [0.717, 1.165) is 0 Å². The van der Waals surface area contributed by atoms with Crippen molar-refractivity contribution in [1.29, 1.82) is 0 Å². The molecule has 1 aromatic heterocycles. The van der Waals surface area contributed by atoms with Gasteiger partial charge < -0.3 is 14.8 Å². The SMILES string of the molecule is COc1ccc(NC(=O)COC(=O)c2cccnc2)cc1. The lowest BCUT2D eigenvalue weighted by Crippen LogP contribution is -2.20. The summed E-state index contributed by atoms with van der Waals surface area (Å²) >= 11 is 0. The summed E-state index contributed by atoms with van der Waals surface area (Å²) in [5, 5.41) is 2.61. The number of hydrogen-bond donors (Lipinski definition) is 1. The van der Waals surface area contributed by atoms with Crippen LogP contribution in [0.2, 0.25) is 0 Å². The van der Waals surface area contributed by atoms with Crippen LogP contribution in [-0.4, -0.2) is 30.6 Å². The van der Waals surface area contributed by atoms with E-state index in [0.29, 0.717) is 17.0 Å². The fourth-order valence-electron chi connectivity index (χ4n) is 1.57. The van der Waals surface area contributed by atoms with E-state index in [2.05, 4.69) is 10.3 Å². The highest BCUT2D eigenvalue weighted by molar-refractivity contribution is 5.95. The minimum absolute atomic E-state index is 0.301. The molecule has 1 heterocycles. The number of carbonyl (C=O) groups is 2. The molecule has 6 heteroatoms. The van der Waals surface area contributed by atoms with Crippen molar-refractivity contribution in [3.05, 3.63) is 54.4 Å². The average molecular weight is 286 g/mol. The Balaban J connectivity index is 1.83. The third-order valence-electron chi connectivity index (χ3n) is 2.61. The van der Waals surface area contributed by atoms with Gasteiger partial charge in [0.1, 0.15) is 5.75 Å². The van der Waals surface area contributed by atoms with Crippen molar-refractivity contribution in [2.45, 2.75) is 0 Å². The van der Waals surface area contributed by atoms with Gasteiger partial charge in [-0.05, 0) is 36.4 Å². The molecule has 1 amide bonds. The molecule has 108 valence electrons. The minimum Gasteiger partial charge on any atom is -0.497 e. The van der Waals surface area contributed by atoms with E-state index in [1.54, 1.807) is 49.7 Å². The van der Waals surface area contributed by atoms with Gasteiger partial charge >= 0.3 is 5.97 Å². The van der Waals surface area contributed by atoms with Crippen molar-refractivity contribution in [3.8, 4) is 5.75 Å². The second-order valence-electron chi connectivity index (χ2n) is 4.09. The number of carbonyl (C=O) groups excluding carboxylic acids is 2. The van der Waals surface area contributed by atoms with E-state index in [4.69, 9.17) is 9.47 Å². The number of benzene rings is 1. The lowest BCUT2D eigenvalue weighted by molar-refractivity contribution is -0.119. The van der Waals surface area contributed by atoms with Gasteiger partial charge in [-0.25, -0.2) is 4.79 Å². The number of nitrogens with one attached hydrogen (secondary N) is 1. The Kier molecular flexibility index (Phi) is 4.87. The number of aromatic nitrogens is 1. The molecule has 0 atom stereocenters. The molecule has 0 saturated carbocycles. The van der Waals surface area contributed by atoms with Crippen LogP contribution >= 0.6 is 0 Å². The van der Waals surface area contributed by atoms with E-state index < -0.39 is 11.9 Å². The smallest absolute Gasteiger partial charge is 0.340 e. The van der Waals surface area contributed by atoms with E-state index in [1.807, 2.05) is 0 Å². The van der Waals surface area contributed by atoms with Crippen LogP contribution in [0.4, 0.5) is 5.69 Å². The van der Waals surface area contributed by atoms with E-state index in [9.17, 15) is 9.59 Å². The number of hydrogen-bond acceptors (Lipinski definition) is 5. The Morgan fingerprint density at radius 3 is 2.57 bits per heavy atom. The van der Waals surface area contributed by atoms with Crippen LogP contribution in [0.3, 0.4) is 0 Å². The summed E-state index contributed by atoms with van der Waals surface area (Å²) in [6.45, 7) is -0.361. The van der Waals surface area contributed by atoms with E-state index in [1.165, 1.54) is 6.20 Å². The summed E-state index contributed by atoms with van der Waals surface area (Å²) in [6.07, 6.45) is 2.93. The van der Waals surface area contributed by atoms with Crippen molar-refractivity contribution < 1.29 is 19.1 Å². The van der Waals surface area contributed by atoms with Gasteiger partial charge in [-0.3, -0.25) is 9.78 Å². The molecule has 0 aliphatic carbocycles. The fourth-order valence-corrected chi connectivity index (χ4v) is 1.57. The highest BCUT2D eigenvalue weighted by atomic mass is 16.5. The van der Waals surface area contributed by atoms with Gasteiger partial charge in [-0.1, -0.05) is 0 Å². The molecule has 1 N–H and O–H groups in total. The van der Waals surface area contributed by atoms with Gasteiger partial charge in [0, 0.05) is 18.1 Å². The number of amides is 1. The molecule has 6 nitrogen and oxygen atoms in total. The second-order valence-corrected chi connectivity index (χ2v) is 4.09. The molecule has 0 radical (unpaired) electrons. The molecule has 21 heavy (non-hydrogen) atoms. The number of pyridine rings is 1. The van der Waals surface area contributed by atoms with Crippen molar-refractivity contribution in [2.75, 3.05) is 19.0 Å². The highest BCUT2D eigenvalue weighted by Gasteiger charge is 2.10. The number of methoxy groups -OCH3 is 1. The van der Waals surface area contributed by atoms with Crippen LogP contribution in [0, 0.1) is 0 Å². The molecule has 2 rings (SSSR count). The van der Waals surface area contributed by atoms with Crippen molar-refractivity contribution in [2.24, 2.45) is 0 Å². The quantitative estimate of drug-likeness (QED) is 0.849. The molecule has 0 unspecified atom stereocenters.